The van der Waals surface area contributed by atoms with Crippen molar-refractivity contribution in [3.8, 4) is 0 Å². The first kappa shape index (κ1) is 18.7. The van der Waals surface area contributed by atoms with Gasteiger partial charge in [0.1, 0.15) is 6.04 Å². The average molecular weight is 321 g/mol. The summed E-state index contributed by atoms with van der Waals surface area (Å²) in [4.78, 5) is 22.8. The van der Waals surface area contributed by atoms with Gasteiger partial charge < -0.3 is 26.6 Å². The second-order valence-corrected chi connectivity index (χ2v) is 5.12. The van der Waals surface area contributed by atoms with Crippen LogP contribution in [0.1, 0.15) is 19.3 Å². The number of unbranched alkanes of at least 4 members (excludes halogenated alkanes) is 1. The monoisotopic (exact) mass is 321 g/mol. The maximum absolute atomic E-state index is 10.6. The first-order chi connectivity index (χ1) is 11.0. The minimum absolute atomic E-state index is 0.331. The Balaban J connectivity index is 0.000000241. The Hall–Kier alpha value is -2.38. The van der Waals surface area contributed by atoms with E-state index >= 15 is 0 Å². The lowest BCUT2D eigenvalue weighted by atomic mass is 10.1. The van der Waals surface area contributed by atoms with Crippen LogP contribution in [-0.4, -0.2) is 46.2 Å². The third-order valence-corrected chi connectivity index (χ3v) is 3.31. The highest BCUT2D eigenvalue weighted by Crippen LogP contribution is 2.19. The summed E-state index contributed by atoms with van der Waals surface area (Å²) in [6.45, 7) is 1.41. The summed E-state index contributed by atoms with van der Waals surface area (Å²) in [5.41, 5.74) is 11.7. The fourth-order valence-corrected chi connectivity index (χ4v) is 1.96. The first-order valence-electron chi connectivity index (χ1n) is 7.40. The first-order valence-corrected chi connectivity index (χ1v) is 7.40. The lowest BCUT2D eigenvalue weighted by molar-refractivity contribution is -0.138. The van der Waals surface area contributed by atoms with Crippen LogP contribution < -0.4 is 11.5 Å². The van der Waals surface area contributed by atoms with E-state index in [1.165, 1.54) is 0 Å². The van der Waals surface area contributed by atoms with Gasteiger partial charge in [0.05, 0.1) is 5.57 Å². The smallest absolute Gasteiger partial charge is 0.335 e. The number of rotatable bonds is 6. The van der Waals surface area contributed by atoms with Crippen molar-refractivity contribution in [2.75, 3.05) is 13.1 Å². The molecule has 23 heavy (non-hydrogen) atoms. The predicted molar refractivity (Wildman–Crippen MR) is 87.3 cm³/mol. The van der Waals surface area contributed by atoms with Gasteiger partial charge in [-0.1, -0.05) is 18.6 Å². The molecule has 7 heteroatoms. The van der Waals surface area contributed by atoms with Crippen LogP contribution in [0, 0.1) is 0 Å². The fraction of sp³-hybridized carbons (Fsp3) is 0.375. The summed E-state index contributed by atoms with van der Waals surface area (Å²) in [6.07, 6.45) is 13.1. The molecule has 0 aromatic rings. The lowest BCUT2D eigenvalue weighted by Gasteiger charge is -2.25. The Morgan fingerprint density at radius 3 is 2.65 bits per heavy atom. The number of fused-ring (bicyclic) bond motifs is 1. The van der Waals surface area contributed by atoms with Crippen molar-refractivity contribution >= 4 is 11.9 Å². The highest BCUT2D eigenvalue weighted by Gasteiger charge is 2.14. The molecule has 2 heterocycles. The molecule has 0 saturated heterocycles. The van der Waals surface area contributed by atoms with Gasteiger partial charge in [0.15, 0.2) is 0 Å². The van der Waals surface area contributed by atoms with E-state index in [9.17, 15) is 9.59 Å². The molecule has 0 spiro atoms. The summed E-state index contributed by atoms with van der Waals surface area (Å²) < 4.78 is 0. The molecule has 6 N–H and O–H groups in total. The highest BCUT2D eigenvalue weighted by atomic mass is 16.4. The molecular weight excluding hydrogens is 298 g/mol. The molecule has 0 radical (unpaired) electrons. The largest absolute Gasteiger partial charge is 0.480 e. The van der Waals surface area contributed by atoms with E-state index in [1.807, 2.05) is 23.1 Å². The van der Waals surface area contributed by atoms with Crippen LogP contribution >= 0.6 is 0 Å². The number of nitrogens with zero attached hydrogens (tertiary/aromatic N) is 1. The zero-order valence-electron chi connectivity index (χ0n) is 12.9. The number of nitrogens with two attached hydrogens (primary N) is 2. The molecule has 0 aliphatic carbocycles. The molecule has 0 aromatic carbocycles. The van der Waals surface area contributed by atoms with Gasteiger partial charge >= 0.3 is 11.9 Å². The third kappa shape index (κ3) is 6.50. The highest BCUT2D eigenvalue weighted by molar-refractivity contribution is 5.90. The number of carboxylic acid groups (broad SMARTS) is 2. The van der Waals surface area contributed by atoms with Crippen molar-refractivity contribution in [3.05, 3.63) is 47.9 Å². The number of aliphatic carboxylic acids is 2. The van der Waals surface area contributed by atoms with Crippen molar-refractivity contribution in [2.24, 2.45) is 11.5 Å². The van der Waals surface area contributed by atoms with E-state index in [0.717, 1.165) is 25.1 Å². The van der Waals surface area contributed by atoms with Gasteiger partial charge in [0.25, 0.3) is 0 Å². The summed E-state index contributed by atoms with van der Waals surface area (Å²) in [5, 5.41) is 17.1. The number of hydrogen-bond acceptors (Lipinski definition) is 5. The van der Waals surface area contributed by atoms with Crippen molar-refractivity contribution in [2.45, 2.75) is 25.3 Å². The summed E-state index contributed by atoms with van der Waals surface area (Å²) >= 11 is 0. The fourth-order valence-electron chi connectivity index (χ4n) is 1.96. The van der Waals surface area contributed by atoms with Gasteiger partial charge in [-0.3, -0.25) is 4.79 Å². The van der Waals surface area contributed by atoms with Crippen LogP contribution in [0.2, 0.25) is 0 Å². The van der Waals surface area contributed by atoms with Gasteiger partial charge in [0.2, 0.25) is 0 Å². The van der Waals surface area contributed by atoms with E-state index in [4.69, 9.17) is 21.7 Å². The SMILES string of the molecule is NCCCC[C@H](N)C(=O)O.O=C(O)C1=CC2=CC=CCN2C=C1. The Bertz CT molecular complexity index is 550. The van der Waals surface area contributed by atoms with Gasteiger partial charge in [-0.2, -0.15) is 0 Å². The molecule has 0 saturated carbocycles. The van der Waals surface area contributed by atoms with Crippen LogP contribution in [-0.2, 0) is 9.59 Å². The minimum Gasteiger partial charge on any atom is -0.480 e. The molecule has 0 unspecified atom stereocenters. The number of allylic oxidation sites excluding steroid dienone is 3. The van der Waals surface area contributed by atoms with Crippen LogP contribution in [0.25, 0.3) is 0 Å². The van der Waals surface area contributed by atoms with Crippen molar-refractivity contribution in [1.29, 1.82) is 0 Å². The van der Waals surface area contributed by atoms with E-state index in [-0.39, 0.29) is 0 Å². The maximum atomic E-state index is 10.6. The lowest BCUT2D eigenvalue weighted by Crippen LogP contribution is -2.29. The van der Waals surface area contributed by atoms with E-state index in [0.29, 0.717) is 18.5 Å². The van der Waals surface area contributed by atoms with Crippen LogP contribution in [0.3, 0.4) is 0 Å². The standard InChI is InChI=1S/C10H9NO2.C6H14N2O2/c12-10(13)8-4-6-11-5-2-1-3-9(11)7-8;7-4-2-1-3-5(8)6(9)10/h1-4,6-7H,5H2,(H,12,13);5H,1-4,7-8H2,(H,9,10)/t;5-/m.0/s1. The van der Waals surface area contributed by atoms with Gasteiger partial charge in [-0.25, -0.2) is 4.79 Å². The topological polar surface area (TPSA) is 130 Å². The minimum atomic E-state index is -0.933. The molecule has 0 bridgehead atoms. The molecule has 0 fully saturated rings. The normalized spacial score (nSPS) is 16.5. The molecule has 2 aliphatic rings. The molecule has 7 nitrogen and oxygen atoms in total. The number of hydrogen-bond donors (Lipinski definition) is 4. The molecule has 2 rings (SSSR count). The molecule has 126 valence electrons. The van der Waals surface area contributed by atoms with Gasteiger partial charge in [0, 0.05) is 18.4 Å². The summed E-state index contributed by atoms with van der Waals surface area (Å²) in [6, 6.07) is -0.716. The van der Waals surface area contributed by atoms with E-state index in [2.05, 4.69) is 0 Å². The van der Waals surface area contributed by atoms with Gasteiger partial charge in [-0.15, -0.1) is 0 Å². The molecule has 1 atom stereocenters. The van der Waals surface area contributed by atoms with E-state index in [1.54, 1.807) is 18.4 Å². The molecule has 0 amide bonds. The number of carbonyl (C=O) groups is 2. The molecular formula is C16H23N3O4. The van der Waals surface area contributed by atoms with Crippen LogP contribution in [0.4, 0.5) is 0 Å². The Morgan fingerprint density at radius 1 is 1.30 bits per heavy atom. The second-order valence-electron chi connectivity index (χ2n) is 5.12. The van der Waals surface area contributed by atoms with Crippen molar-refractivity contribution in [3.63, 3.8) is 0 Å². The van der Waals surface area contributed by atoms with Crippen molar-refractivity contribution in [1.82, 2.24) is 4.90 Å². The summed E-state index contributed by atoms with van der Waals surface area (Å²) in [7, 11) is 0. The van der Waals surface area contributed by atoms with Crippen LogP contribution in [0.5, 0.6) is 0 Å². The Kier molecular flexibility index (Phi) is 7.79. The molecule has 2 aliphatic heterocycles. The van der Waals surface area contributed by atoms with Gasteiger partial charge in [-0.05, 0) is 37.6 Å². The number of carboxylic acids is 2. The van der Waals surface area contributed by atoms with Crippen LogP contribution in [0.15, 0.2) is 47.9 Å². The Labute approximate surface area is 135 Å². The summed E-state index contributed by atoms with van der Waals surface area (Å²) in [5.74, 6) is -1.82. The van der Waals surface area contributed by atoms with Crippen molar-refractivity contribution < 1.29 is 19.8 Å². The second kappa shape index (κ2) is 9.60. The Morgan fingerprint density at radius 2 is 2.04 bits per heavy atom. The molecule has 0 aromatic heterocycles. The zero-order valence-corrected chi connectivity index (χ0v) is 12.9. The zero-order chi connectivity index (χ0) is 17.2. The maximum Gasteiger partial charge on any atom is 0.335 e. The third-order valence-electron chi connectivity index (χ3n) is 3.31. The predicted octanol–water partition coefficient (Wildman–Crippen LogP) is 0.808. The quantitative estimate of drug-likeness (QED) is 0.532. The average Bonchev–Trinajstić information content (AvgIpc) is 2.55. The van der Waals surface area contributed by atoms with E-state index < -0.39 is 18.0 Å².